The van der Waals surface area contributed by atoms with Crippen LogP contribution in [0.3, 0.4) is 0 Å². The van der Waals surface area contributed by atoms with Crippen LogP contribution in [-0.4, -0.2) is 0 Å². The Morgan fingerprint density at radius 2 is 0.846 bits per heavy atom. The molecule has 0 unspecified atom stereocenters. The smallest absolute Gasteiger partial charge is 0.0484 e. The lowest BCUT2D eigenvalue weighted by atomic mass is 9.92. The Morgan fingerprint density at radius 3 is 1.31 bits per heavy atom. The maximum atomic E-state index is 6.61. The van der Waals surface area contributed by atoms with Gasteiger partial charge in [0.15, 0.2) is 0 Å². The lowest BCUT2D eigenvalue weighted by molar-refractivity contribution is 1.57. The van der Waals surface area contributed by atoms with E-state index in [1.807, 2.05) is 36.4 Å². The van der Waals surface area contributed by atoms with Gasteiger partial charge in [0.1, 0.15) is 0 Å². The zero-order valence-electron chi connectivity index (χ0n) is 13.8. The van der Waals surface area contributed by atoms with Gasteiger partial charge >= 0.3 is 0 Å². The molecule has 0 atom stereocenters. The molecule has 0 nitrogen and oxygen atoms in total. The maximum Gasteiger partial charge on any atom is 0.0484 e. The largest absolute Gasteiger partial charge is 0.0837 e. The molecule has 0 heterocycles. The van der Waals surface area contributed by atoms with E-state index in [0.29, 0.717) is 0 Å². The molecule has 1 aliphatic carbocycles. The molecule has 4 aromatic rings. The van der Waals surface area contributed by atoms with Crippen LogP contribution in [0.5, 0.6) is 0 Å². The zero-order chi connectivity index (χ0) is 17.7. The summed E-state index contributed by atoms with van der Waals surface area (Å²) in [4.78, 5) is 0. The summed E-state index contributed by atoms with van der Waals surface area (Å²) in [6, 6.07) is 28.9. The van der Waals surface area contributed by atoms with Crippen molar-refractivity contribution >= 4 is 45.1 Å². The molecule has 0 saturated carbocycles. The summed E-state index contributed by atoms with van der Waals surface area (Å²) in [5.41, 5.74) is 6.79. The van der Waals surface area contributed by atoms with E-state index in [1.54, 1.807) is 0 Å². The third-order valence-corrected chi connectivity index (χ3v) is 5.64. The van der Waals surface area contributed by atoms with Gasteiger partial charge in [-0.05, 0) is 45.2 Å². The van der Waals surface area contributed by atoms with Crippen LogP contribution in [0.15, 0.2) is 84.9 Å². The lowest BCUT2D eigenvalue weighted by Crippen LogP contribution is -1.92. The minimum atomic E-state index is 0.747. The molecule has 0 aliphatic heterocycles. The molecular formula is C24H14Cl2. The Bertz CT molecular complexity index is 1110. The first-order valence-electron chi connectivity index (χ1n) is 8.52. The predicted molar refractivity (Wildman–Crippen MR) is 112 cm³/mol. The van der Waals surface area contributed by atoms with Gasteiger partial charge in [-0.25, -0.2) is 0 Å². The van der Waals surface area contributed by atoms with Crippen molar-refractivity contribution in [2.75, 3.05) is 0 Å². The normalized spacial score (nSPS) is 12.8. The van der Waals surface area contributed by atoms with Crippen molar-refractivity contribution < 1.29 is 0 Å². The fourth-order valence-electron chi connectivity index (χ4n) is 3.91. The summed E-state index contributed by atoms with van der Waals surface area (Å²) in [5, 5.41) is 3.99. The SMILES string of the molecule is Clc1ccccc1C1=C(c2ccccc2Cl)c2cccc3cccc1c23. The third-order valence-electron chi connectivity index (χ3n) is 4.98. The molecule has 0 saturated heterocycles. The number of rotatable bonds is 2. The van der Waals surface area contributed by atoms with Crippen molar-refractivity contribution in [3.63, 3.8) is 0 Å². The van der Waals surface area contributed by atoms with E-state index in [9.17, 15) is 0 Å². The van der Waals surface area contributed by atoms with Crippen LogP contribution in [-0.2, 0) is 0 Å². The van der Waals surface area contributed by atoms with Crippen LogP contribution in [0.2, 0.25) is 10.0 Å². The quantitative estimate of drug-likeness (QED) is 0.301. The Balaban J connectivity index is 1.96. The minimum absolute atomic E-state index is 0.747. The first-order valence-corrected chi connectivity index (χ1v) is 9.28. The van der Waals surface area contributed by atoms with Crippen molar-refractivity contribution in [3.05, 3.63) is 117 Å². The first-order chi connectivity index (χ1) is 12.8. The fraction of sp³-hybridized carbons (Fsp3) is 0. The van der Waals surface area contributed by atoms with Gasteiger partial charge in [-0.15, -0.1) is 0 Å². The molecule has 26 heavy (non-hydrogen) atoms. The number of hydrogen-bond donors (Lipinski definition) is 0. The summed E-state index contributed by atoms with van der Waals surface area (Å²) < 4.78 is 0. The van der Waals surface area contributed by atoms with E-state index < -0.39 is 0 Å². The van der Waals surface area contributed by atoms with Gasteiger partial charge in [-0.2, -0.15) is 0 Å². The Morgan fingerprint density at radius 1 is 0.423 bits per heavy atom. The second-order valence-corrected chi connectivity index (χ2v) is 7.23. The number of hydrogen-bond acceptors (Lipinski definition) is 0. The van der Waals surface area contributed by atoms with E-state index in [-0.39, 0.29) is 0 Å². The molecule has 4 aromatic carbocycles. The Kier molecular flexibility index (Phi) is 3.63. The molecule has 0 radical (unpaired) electrons. The van der Waals surface area contributed by atoms with Crippen LogP contribution in [0.25, 0.3) is 21.9 Å². The van der Waals surface area contributed by atoms with Crippen molar-refractivity contribution in [2.24, 2.45) is 0 Å². The average molecular weight is 373 g/mol. The van der Waals surface area contributed by atoms with E-state index in [2.05, 4.69) is 48.5 Å². The van der Waals surface area contributed by atoms with E-state index in [1.165, 1.54) is 21.9 Å². The molecule has 0 aromatic heterocycles. The average Bonchev–Trinajstić information content (AvgIpc) is 2.99. The first kappa shape index (κ1) is 15.7. The fourth-order valence-corrected chi connectivity index (χ4v) is 4.37. The number of benzene rings is 4. The van der Waals surface area contributed by atoms with Crippen molar-refractivity contribution in [1.82, 2.24) is 0 Å². The Hall–Kier alpha value is -2.54. The summed E-state index contributed by atoms with van der Waals surface area (Å²) in [6.07, 6.45) is 0. The van der Waals surface area contributed by atoms with Crippen LogP contribution in [0, 0.1) is 0 Å². The van der Waals surface area contributed by atoms with Crippen LogP contribution >= 0.6 is 23.2 Å². The van der Waals surface area contributed by atoms with Gasteiger partial charge in [-0.3, -0.25) is 0 Å². The second-order valence-electron chi connectivity index (χ2n) is 6.42. The topological polar surface area (TPSA) is 0 Å². The summed E-state index contributed by atoms with van der Waals surface area (Å²) in [7, 11) is 0. The molecule has 0 fully saturated rings. The lowest BCUT2D eigenvalue weighted by Gasteiger charge is -2.13. The molecule has 0 bridgehead atoms. The standard InChI is InChI=1S/C24H14Cl2/c25-20-13-3-1-9-16(20)23-18-11-5-7-15-8-6-12-19(22(15)18)24(23)17-10-2-4-14-21(17)26/h1-14H. The highest BCUT2D eigenvalue weighted by molar-refractivity contribution is 6.36. The monoisotopic (exact) mass is 372 g/mol. The van der Waals surface area contributed by atoms with Gasteiger partial charge in [0.25, 0.3) is 0 Å². The van der Waals surface area contributed by atoms with Crippen LogP contribution in [0.1, 0.15) is 22.3 Å². The van der Waals surface area contributed by atoms with E-state index in [4.69, 9.17) is 23.2 Å². The highest BCUT2D eigenvalue weighted by atomic mass is 35.5. The third kappa shape index (κ3) is 2.23. The summed E-state index contributed by atoms with van der Waals surface area (Å²) in [5.74, 6) is 0. The summed E-state index contributed by atoms with van der Waals surface area (Å²) in [6.45, 7) is 0. The highest BCUT2D eigenvalue weighted by Crippen LogP contribution is 2.49. The van der Waals surface area contributed by atoms with E-state index >= 15 is 0 Å². The predicted octanol–water partition coefficient (Wildman–Crippen LogP) is 7.47. The van der Waals surface area contributed by atoms with Gasteiger partial charge < -0.3 is 0 Å². The zero-order valence-corrected chi connectivity index (χ0v) is 15.4. The van der Waals surface area contributed by atoms with Crippen molar-refractivity contribution in [2.45, 2.75) is 0 Å². The van der Waals surface area contributed by atoms with Gasteiger partial charge in [0, 0.05) is 21.2 Å². The molecule has 5 rings (SSSR count). The highest BCUT2D eigenvalue weighted by Gasteiger charge is 2.27. The molecule has 1 aliphatic rings. The molecule has 2 heteroatoms. The minimum Gasteiger partial charge on any atom is -0.0837 e. The molecule has 0 spiro atoms. The van der Waals surface area contributed by atoms with Crippen LogP contribution in [0.4, 0.5) is 0 Å². The molecular weight excluding hydrogens is 359 g/mol. The molecule has 124 valence electrons. The number of halogens is 2. The van der Waals surface area contributed by atoms with Crippen LogP contribution < -0.4 is 0 Å². The van der Waals surface area contributed by atoms with Gasteiger partial charge in [0.05, 0.1) is 0 Å². The Labute approximate surface area is 162 Å². The maximum absolute atomic E-state index is 6.61. The second kappa shape index (κ2) is 6.02. The summed E-state index contributed by atoms with van der Waals surface area (Å²) >= 11 is 13.2. The molecule has 0 amide bonds. The van der Waals surface area contributed by atoms with Crippen molar-refractivity contribution in [3.8, 4) is 0 Å². The van der Waals surface area contributed by atoms with E-state index in [0.717, 1.165) is 32.3 Å². The van der Waals surface area contributed by atoms with Gasteiger partial charge in [-0.1, -0.05) is 96.0 Å². The van der Waals surface area contributed by atoms with Gasteiger partial charge in [0.2, 0.25) is 0 Å². The van der Waals surface area contributed by atoms with Crippen molar-refractivity contribution in [1.29, 1.82) is 0 Å². The molecule has 0 N–H and O–H groups in total.